The number of carbonyl (C=O) groups excluding carboxylic acids is 1. The van der Waals surface area contributed by atoms with Crippen LogP contribution in [0.15, 0.2) is 48.5 Å². The highest BCUT2D eigenvalue weighted by atomic mass is 19.1. The molecule has 2 aromatic carbocycles. The Labute approximate surface area is 172 Å². The van der Waals surface area contributed by atoms with Gasteiger partial charge >= 0.3 is 5.97 Å². The Bertz CT molecular complexity index is 1100. The molecule has 1 N–H and O–H groups in total. The van der Waals surface area contributed by atoms with Crippen molar-refractivity contribution in [2.24, 2.45) is 0 Å². The van der Waals surface area contributed by atoms with E-state index in [9.17, 15) is 23.5 Å². The number of halogens is 2. The first-order chi connectivity index (χ1) is 14.5. The third-order valence-corrected chi connectivity index (χ3v) is 5.59. The van der Waals surface area contributed by atoms with Crippen molar-refractivity contribution in [1.82, 2.24) is 4.98 Å². The summed E-state index contributed by atoms with van der Waals surface area (Å²) in [6, 6.07) is 10.8. The zero-order valence-corrected chi connectivity index (χ0v) is 16.1. The van der Waals surface area contributed by atoms with Crippen molar-refractivity contribution in [2.45, 2.75) is 31.6 Å². The second-order valence-electron chi connectivity index (χ2n) is 7.43. The van der Waals surface area contributed by atoms with Crippen molar-refractivity contribution in [1.29, 1.82) is 0 Å². The van der Waals surface area contributed by atoms with Crippen molar-refractivity contribution in [3.8, 4) is 22.4 Å². The average molecular weight is 407 g/mol. The zero-order chi connectivity index (χ0) is 21.3. The van der Waals surface area contributed by atoms with Crippen molar-refractivity contribution in [2.75, 3.05) is 0 Å². The second kappa shape index (κ2) is 8.14. The van der Waals surface area contributed by atoms with Crippen molar-refractivity contribution >= 4 is 12.3 Å². The molecule has 0 spiro atoms. The van der Waals surface area contributed by atoms with Crippen LogP contribution in [0.3, 0.4) is 0 Å². The number of aromatic carboxylic acids is 1. The maximum atomic E-state index is 13.5. The van der Waals surface area contributed by atoms with Crippen LogP contribution in [-0.2, 0) is 0 Å². The van der Waals surface area contributed by atoms with Gasteiger partial charge in [-0.05, 0) is 54.8 Å². The van der Waals surface area contributed by atoms with Gasteiger partial charge in [-0.3, -0.25) is 9.78 Å². The summed E-state index contributed by atoms with van der Waals surface area (Å²) < 4.78 is 27.0. The smallest absolute Gasteiger partial charge is 0.338 e. The van der Waals surface area contributed by atoms with Gasteiger partial charge in [0.05, 0.1) is 17.0 Å². The van der Waals surface area contributed by atoms with E-state index in [1.54, 1.807) is 0 Å². The Morgan fingerprint density at radius 2 is 1.47 bits per heavy atom. The molecule has 6 heteroatoms. The molecule has 0 amide bonds. The molecule has 1 fully saturated rings. The van der Waals surface area contributed by atoms with Crippen LogP contribution in [-0.4, -0.2) is 22.3 Å². The normalized spacial score (nSPS) is 14.1. The number of rotatable bonds is 5. The Morgan fingerprint density at radius 1 is 0.933 bits per heavy atom. The number of carboxylic acid groups (broad SMARTS) is 1. The average Bonchev–Trinajstić information content (AvgIpc) is 3.28. The first-order valence-corrected chi connectivity index (χ1v) is 9.78. The van der Waals surface area contributed by atoms with E-state index in [4.69, 9.17) is 0 Å². The minimum Gasteiger partial charge on any atom is -0.478 e. The predicted octanol–water partition coefficient (Wildman–Crippen LogP) is 5.86. The summed E-state index contributed by atoms with van der Waals surface area (Å²) >= 11 is 0. The van der Waals surface area contributed by atoms with E-state index in [0.717, 1.165) is 25.7 Å². The van der Waals surface area contributed by atoms with Gasteiger partial charge in [-0.2, -0.15) is 0 Å². The minimum atomic E-state index is -1.26. The van der Waals surface area contributed by atoms with Crippen LogP contribution in [0.5, 0.6) is 0 Å². The fourth-order valence-corrected chi connectivity index (χ4v) is 4.19. The van der Waals surface area contributed by atoms with Crippen LogP contribution in [0.4, 0.5) is 8.78 Å². The van der Waals surface area contributed by atoms with Crippen LogP contribution in [0, 0.1) is 11.6 Å². The molecule has 0 radical (unpaired) electrons. The van der Waals surface area contributed by atoms with Crippen molar-refractivity contribution in [3.05, 3.63) is 77.0 Å². The molecule has 4 rings (SSSR count). The van der Waals surface area contributed by atoms with E-state index < -0.39 is 17.6 Å². The summed E-state index contributed by atoms with van der Waals surface area (Å²) in [5.74, 6) is -2.14. The number of pyridine rings is 1. The van der Waals surface area contributed by atoms with Crippen LogP contribution in [0.25, 0.3) is 22.4 Å². The Hall–Kier alpha value is -3.41. The van der Waals surface area contributed by atoms with E-state index in [0.29, 0.717) is 23.1 Å². The van der Waals surface area contributed by atoms with E-state index in [1.165, 1.54) is 48.5 Å². The van der Waals surface area contributed by atoms with Gasteiger partial charge in [0.15, 0.2) is 6.29 Å². The van der Waals surface area contributed by atoms with Crippen LogP contribution < -0.4 is 0 Å². The summed E-state index contributed by atoms with van der Waals surface area (Å²) in [5, 5.41) is 10.1. The summed E-state index contributed by atoms with van der Waals surface area (Å²) in [6.07, 6.45) is 4.35. The Morgan fingerprint density at radius 3 is 1.97 bits per heavy atom. The first-order valence-electron chi connectivity index (χ1n) is 9.78. The summed E-state index contributed by atoms with van der Waals surface area (Å²) in [5.41, 5.74) is 1.86. The predicted molar refractivity (Wildman–Crippen MR) is 109 cm³/mol. The SMILES string of the molecule is O=Cc1c(C2CCCC2)nc(-c2ccc(F)cc2)c(C(=O)O)c1-c1ccc(F)cc1. The summed E-state index contributed by atoms with van der Waals surface area (Å²) in [7, 11) is 0. The Kier molecular flexibility index (Phi) is 5.40. The molecule has 1 heterocycles. The van der Waals surface area contributed by atoms with Gasteiger partial charge in [-0.15, -0.1) is 0 Å². The van der Waals surface area contributed by atoms with Gasteiger partial charge in [-0.1, -0.05) is 25.0 Å². The quantitative estimate of drug-likeness (QED) is 0.538. The van der Waals surface area contributed by atoms with Gasteiger partial charge in [0.1, 0.15) is 11.6 Å². The third-order valence-electron chi connectivity index (χ3n) is 5.59. The number of aldehydes is 1. The van der Waals surface area contributed by atoms with Crippen LogP contribution in [0.1, 0.15) is 58.0 Å². The van der Waals surface area contributed by atoms with E-state index in [-0.39, 0.29) is 28.3 Å². The van der Waals surface area contributed by atoms with E-state index in [1.807, 2.05) is 0 Å². The van der Waals surface area contributed by atoms with Crippen molar-refractivity contribution in [3.63, 3.8) is 0 Å². The molecule has 0 bridgehead atoms. The molecule has 1 aliphatic rings. The zero-order valence-electron chi connectivity index (χ0n) is 16.1. The van der Waals surface area contributed by atoms with Gasteiger partial charge in [-0.25, -0.2) is 13.6 Å². The topological polar surface area (TPSA) is 67.3 Å². The number of hydrogen-bond acceptors (Lipinski definition) is 3. The van der Waals surface area contributed by atoms with E-state index >= 15 is 0 Å². The molecule has 152 valence electrons. The monoisotopic (exact) mass is 407 g/mol. The fourth-order valence-electron chi connectivity index (χ4n) is 4.19. The summed E-state index contributed by atoms with van der Waals surface area (Å²) in [6.45, 7) is 0. The maximum absolute atomic E-state index is 13.5. The lowest BCUT2D eigenvalue weighted by atomic mass is 9.87. The molecule has 0 unspecified atom stereocenters. The summed E-state index contributed by atoms with van der Waals surface area (Å²) in [4.78, 5) is 29.1. The van der Waals surface area contributed by atoms with Crippen molar-refractivity contribution < 1.29 is 23.5 Å². The molecule has 1 aromatic heterocycles. The molecule has 0 saturated heterocycles. The third kappa shape index (κ3) is 3.61. The largest absolute Gasteiger partial charge is 0.478 e. The lowest BCUT2D eigenvalue weighted by Crippen LogP contribution is -2.13. The maximum Gasteiger partial charge on any atom is 0.338 e. The molecule has 0 atom stereocenters. The number of benzene rings is 2. The lowest BCUT2D eigenvalue weighted by molar-refractivity contribution is 0.0698. The standard InChI is InChI=1S/C24H19F2NO3/c25-17-9-5-14(6-10-17)20-19(13-28)22(15-3-1-2-4-15)27-23(21(20)24(29)30)16-7-11-18(26)12-8-16/h5-13,15H,1-4H2,(H,29,30). The van der Waals surface area contributed by atoms with E-state index in [2.05, 4.69) is 4.98 Å². The molecule has 3 aromatic rings. The number of hydrogen-bond donors (Lipinski definition) is 1. The molecule has 30 heavy (non-hydrogen) atoms. The highest BCUT2D eigenvalue weighted by Gasteiger charge is 2.30. The fraction of sp³-hybridized carbons (Fsp3) is 0.208. The Balaban J connectivity index is 2.09. The number of nitrogens with zero attached hydrogens (tertiary/aromatic N) is 1. The number of aromatic nitrogens is 1. The lowest BCUT2D eigenvalue weighted by Gasteiger charge is -2.20. The highest BCUT2D eigenvalue weighted by Crippen LogP contribution is 2.41. The molecular formula is C24H19F2NO3. The molecule has 1 saturated carbocycles. The van der Waals surface area contributed by atoms with Gasteiger partial charge < -0.3 is 5.11 Å². The van der Waals surface area contributed by atoms with Gasteiger partial charge in [0.25, 0.3) is 0 Å². The van der Waals surface area contributed by atoms with Gasteiger partial charge in [0, 0.05) is 22.6 Å². The van der Waals surface area contributed by atoms with Crippen LogP contribution >= 0.6 is 0 Å². The molecule has 4 nitrogen and oxygen atoms in total. The molecular weight excluding hydrogens is 388 g/mol. The second-order valence-corrected chi connectivity index (χ2v) is 7.43. The first kappa shape index (κ1) is 19.9. The minimum absolute atomic E-state index is 0.0337. The molecule has 0 aliphatic heterocycles. The van der Waals surface area contributed by atoms with Crippen LogP contribution in [0.2, 0.25) is 0 Å². The highest BCUT2D eigenvalue weighted by molar-refractivity contribution is 6.06. The van der Waals surface area contributed by atoms with Gasteiger partial charge in [0.2, 0.25) is 0 Å². The molecule has 1 aliphatic carbocycles. The number of carboxylic acids is 1. The number of carbonyl (C=O) groups is 2.